The SMILES string of the molecule is COC(=O)C(=Cc1ccccc1P(c1ccccc1)c1ccccc1)C(=O)OC. The van der Waals surface area contributed by atoms with Crippen molar-refractivity contribution in [1.29, 1.82) is 0 Å². The molecular formula is C24H21O4P. The van der Waals surface area contributed by atoms with Gasteiger partial charge in [0.05, 0.1) is 14.2 Å². The minimum atomic E-state index is -0.893. The van der Waals surface area contributed by atoms with E-state index < -0.39 is 19.9 Å². The summed E-state index contributed by atoms with van der Waals surface area (Å²) in [6.07, 6.45) is 1.55. The predicted molar refractivity (Wildman–Crippen MR) is 117 cm³/mol. The average Bonchev–Trinajstić information content (AvgIpc) is 2.79. The fourth-order valence-corrected chi connectivity index (χ4v) is 5.40. The molecule has 5 heteroatoms. The van der Waals surface area contributed by atoms with Gasteiger partial charge in [0.1, 0.15) is 5.57 Å². The van der Waals surface area contributed by atoms with Gasteiger partial charge < -0.3 is 9.47 Å². The van der Waals surface area contributed by atoms with Crippen molar-refractivity contribution >= 4 is 41.8 Å². The molecule has 0 N–H and O–H groups in total. The molecule has 3 aromatic rings. The molecule has 0 aliphatic rings. The summed E-state index contributed by atoms with van der Waals surface area (Å²) in [5.41, 5.74) is 0.635. The lowest BCUT2D eigenvalue weighted by atomic mass is 10.1. The molecule has 4 nitrogen and oxygen atoms in total. The van der Waals surface area contributed by atoms with E-state index in [1.54, 1.807) is 6.08 Å². The molecule has 0 aromatic heterocycles. The lowest BCUT2D eigenvalue weighted by molar-refractivity contribution is -0.143. The van der Waals surface area contributed by atoms with Crippen LogP contribution in [0.3, 0.4) is 0 Å². The zero-order chi connectivity index (χ0) is 20.6. The van der Waals surface area contributed by atoms with Crippen molar-refractivity contribution in [2.45, 2.75) is 0 Å². The molecule has 0 saturated heterocycles. The summed E-state index contributed by atoms with van der Waals surface area (Å²) < 4.78 is 9.55. The van der Waals surface area contributed by atoms with Gasteiger partial charge in [-0.05, 0) is 35.5 Å². The van der Waals surface area contributed by atoms with E-state index in [2.05, 4.69) is 24.3 Å². The maximum Gasteiger partial charge on any atom is 0.345 e. The second-order valence-electron chi connectivity index (χ2n) is 6.11. The van der Waals surface area contributed by atoms with Gasteiger partial charge in [0.15, 0.2) is 0 Å². The molecule has 0 aliphatic carbocycles. The van der Waals surface area contributed by atoms with E-state index in [4.69, 9.17) is 9.47 Å². The summed E-state index contributed by atoms with van der Waals surface area (Å²) in [7, 11) is 1.59. The standard InChI is InChI=1S/C24H21O4P/c1-27-23(25)21(24(26)28-2)17-18-11-9-10-16-22(18)29(19-12-5-3-6-13-19)20-14-7-4-8-15-20/h3-17H,1-2H3. The Kier molecular flexibility index (Phi) is 6.94. The maximum absolute atomic E-state index is 12.2. The van der Waals surface area contributed by atoms with Crippen LogP contribution in [0.15, 0.2) is 90.5 Å². The van der Waals surface area contributed by atoms with Gasteiger partial charge in [0.2, 0.25) is 0 Å². The van der Waals surface area contributed by atoms with Gasteiger partial charge in [-0.25, -0.2) is 9.59 Å². The van der Waals surface area contributed by atoms with E-state index in [-0.39, 0.29) is 5.57 Å². The Balaban J connectivity index is 2.20. The Morgan fingerprint density at radius 3 is 1.62 bits per heavy atom. The van der Waals surface area contributed by atoms with E-state index in [1.807, 2.05) is 60.7 Å². The molecule has 3 rings (SSSR count). The van der Waals surface area contributed by atoms with Crippen molar-refractivity contribution in [2.75, 3.05) is 14.2 Å². The van der Waals surface area contributed by atoms with Gasteiger partial charge in [-0.15, -0.1) is 0 Å². The van der Waals surface area contributed by atoms with Gasteiger partial charge in [-0.2, -0.15) is 0 Å². The fourth-order valence-electron chi connectivity index (χ4n) is 2.97. The van der Waals surface area contributed by atoms with E-state index in [0.717, 1.165) is 10.9 Å². The van der Waals surface area contributed by atoms with Crippen molar-refractivity contribution in [3.8, 4) is 0 Å². The van der Waals surface area contributed by atoms with E-state index >= 15 is 0 Å². The number of carbonyl (C=O) groups excluding carboxylic acids is 2. The third-order valence-corrected chi connectivity index (χ3v) is 6.84. The highest BCUT2D eigenvalue weighted by Gasteiger charge is 2.23. The Bertz CT molecular complexity index is 956. The summed E-state index contributed by atoms with van der Waals surface area (Å²) in [5.74, 6) is -1.45. The first-order chi connectivity index (χ1) is 14.2. The van der Waals surface area contributed by atoms with Crippen LogP contribution in [0.5, 0.6) is 0 Å². The monoisotopic (exact) mass is 404 g/mol. The third kappa shape index (κ3) is 4.79. The Morgan fingerprint density at radius 1 is 0.690 bits per heavy atom. The molecule has 29 heavy (non-hydrogen) atoms. The lowest BCUT2D eigenvalue weighted by Gasteiger charge is -2.21. The molecule has 0 saturated carbocycles. The summed E-state index contributed by atoms with van der Waals surface area (Å²) in [6, 6.07) is 28.2. The summed E-state index contributed by atoms with van der Waals surface area (Å²) >= 11 is 0. The van der Waals surface area contributed by atoms with E-state index in [0.29, 0.717) is 0 Å². The topological polar surface area (TPSA) is 52.6 Å². The Morgan fingerprint density at radius 2 is 1.14 bits per heavy atom. The number of ether oxygens (including phenoxy) is 2. The Hall–Kier alpha value is -3.23. The molecule has 0 unspecified atom stereocenters. The highest BCUT2D eigenvalue weighted by molar-refractivity contribution is 7.80. The van der Waals surface area contributed by atoms with Crippen molar-refractivity contribution in [1.82, 2.24) is 0 Å². The van der Waals surface area contributed by atoms with Crippen LogP contribution in [0.4, 0.5) is 0 Å². The number of carbonyl (C=O) groups is 2. The van der Waals surface area contributed by atoms with Crippen molar-refractivity contribution in [2.24, 2.45) is 0 Å². The van der Waals surface area contributed by atoms with E-state index in [1.165, 1.54) is 24.8 Å². The maximum atomic E-state index is 12.2. The van der Waals surface area contributed by atoms with Gasteiger partial charge in [-0.1, -0.05) is 84.9 Å². The quantitative estimate of drug-likeness (QED) is 0.208. The molecule has 0 radical (unpaired) electrons. The summed E-state index contributed by atoms with van der Waals surface area (Å²) in [5, 5.41) is 3.38. The number of methoxy groups -OCH3 is 2. The van der Waals surface area contributed by atoms with Crippen LogP contribution in [0.2, 0.25) is 0 Å². The van der Waals surface area contributed by atoms with Crippen LogP contribution in [0.25, 0.3) is 6.08 Å². The van der Waals surface area contributed by atoms with Gasteiger partial charge in [0, 0.05) is 0 Å². The van der Waals surface area contributed by atoms with Crippen LogP contribution in [-0.2, 0) is 19.1 Å². The molecule has 3 aromatic carbocycles. The molecular weight excluding hydrogens is 383 g/mol. The first-order valence-corrected chi connectivity index (χ1v) is 10.4. The molecule has 0 bridgehead atoms. The minimum absolute atomic E-state index is 0.140. The summed E-state index contributed by atoms with van der Waals surface area (Å²) in [4.78, 5) is 24.3. The number of benzene rings is 3. The largest absolute Gasteiger partial charge is 0.465 e. The van der Waals surface area contributed by atoms with Crippen molar-refractivity contribution in [3.63, 3.8) is 0 Å². The highest BCUT2D eigenvalue weighted by atomic mass is 31.1. The predicted octanol–water partition coefficient (Wildman–Crippen LogP) is 3.17. The van der Waals surface area contributed by atoms with Crippen LogP contribution in [-0.4, -0.2) is 26.2 Å². The smallest absolute Gasteiger partial charge is 0.345 e. The van der Waals surface area contributed by atoms with Crippen LogP contribution in [0.1, 0.15) is 5.56 Å². The molecule has 0 heterocycles. The van der Waals surface area contributed by atoms with Gasteiger partial charge >= 0.3 is 11.9 Å². The number of hydrogen-bond donors (Lipinski definition) is 0. The Labute approximate surface area is 171 Å². The van der Waals surface area contributed by atoms with Crippen LogP contribution in [0, 0.1) is 0 Å². The van der Waals surface area contributed by atoms with Crippen LogP contribution < -0.4 is 15.9 Å². The molecule has 0 spiro atoms. The molecule has 0 fully saturated rings. The first-order valence-electron chi connectivity index (χ1n) is 9.03. The van der Waals surface area contributed by atoms with Crippen LogP contribution >= 0.6 is 7.92 Å². The first kappa shape index (κ1) is 20.5. The van der Waals surface area contributed by atoms with Gasteiger partial charge in [0.25, 0.3) is 0 Å². The average molecular weight is 404 g/mol. The van der Waals surface area contributed by atoms with Crippen molar-refractivity contribution in [3.05, 3.63) is 96.1 Å². The number of hydrogen-bond acceptors (Lipinski definition) is 4. The number of esters is 2. The zero-order valence-electron chi connectivity index (χ0n) is 16.2. The third-order valence-electron chi connectivity index (χ3n) is 4.32. The molecule has 0 amide bonds. The minimum Gasteiger partial charge on any atom is -0.465 e. The molecule has 0 aliphatic heterocycles. The molecule has 0 atom stereocenters. The second-order valence-corrected chi connectivity index (χ2v) is 8.29. The van der Waals surface area contributed by atoms with E-state index in [9.17, 15) is 9.59 Å². The highest BCUT2D eigenvalue weighted by Crippen LogP contribution is 2.34. The van der Waals surface area contributed by atoms with Gasteiger partial charge in [-0.3, -0.25) is 0 Å². The summed E-state index contributed by atoms with van der Waals surface area (Å²) in [6.45, 7) is 0. The lowest BCUT2D eigenvalue weighted by Crippen LogP contribution is -2.23. The number of rotatable bonds is 6. The second kappa shape index (κ2) is 9.81. The normalized spacial score (nSPS) is 10.3. The fraction of sp³-hybridized carbons (Fsp3) is 0.0833. The molecule has 146 valence electrons. The zero-order valence-corrected chi connectivity index (χ0v) is 17.1. The van der Waals surface area contributed by atoms with Crippen molar-refractivity contribution < 1.29 is 19.1 Å².